The first kappa shape index (κ1) is 16.6. The number of hydrogen-bond acceptors (Lipinski definition) is 6. The molecule has 1 saturated heterocycles. The second-order valence-corrected chi connectivity index (χ2v) is 7.51. The predicted octanol–water partition coefficient (Wildman–Crippen LogP) is 4.33. The smallest absolute Gasteiger partial charge is 0.310 e. The van der Waals surface area contributed by atoms with Gasteiger partial charge in [0.05, 0.1) is 11.6 Å². The van der Waals surface area contributed by atoms with Gasteiger partial charge < -0.3 is 4.74 Å². The molecule has 24 heavy (non-hydrogen) atoms. The summed E-state index contributed by atoms with van der Waals surface area (Å²) in [5.41, 5.74) is 5.50. The number of nitrogens with zero attached hydrogens (tertiary/aromatic N) is 2. The topological polar surface area (TPSA) is 63.6 Å². The number of benzene rings is 1. The Balaban J connectivity index is 1.60. The number of aromatic nitrogens is 1. The van der Waals surface area contributed by atoms with Crippen LogP contribution in [0.15, 0.2) is 40.8 Å². The zero-order valence-electron chi connectivity index (χ0n) is 14.1. The largest absolute Gasteiger partial charge is 0.459 e. The number of carbonyl (C=O) groups is 1. The lowest BCUT2D eigenvalue weighted by Crippen LogP contribution is -2.17. The minimum atomic E-state index is -0.366. The van der Waals surface area contributed by atoms with Crippen LogP contribution in [0.2, 0.25) is 0 Å². The van der Waals surface area contributed by atoms with E-state index < -0.39 is 0 Å². The van der Waals surface area contributed by atoms with Gasteiger partial charge >= 0.3 is 5.97 Å². The van der Waals surface area contributed by atoms with Crippen LogP contribution >= 0.6 is 11.3 Å². The Hall–Kier alpha value is -2.21. The van der Waals surface area contributed by atoms with Gasteiger partial charge in [-0.05, 0) is 20.8 Å². The molecule has 1 fully saturated rings. The summed E-state index contributed by atoms with van der Waals surface area (Å²) in [6.07, 6.45) is 1.33. The second kappa shape index (κ2) is 6.73. The third kappa shape index (κ3) is 4.00. The molecule has 0 aliphatic carbocycles. The third-order valence-electron chi connectivity index (χ3n) is 3.91. The first-order valence-corrected chi connectivity index (χ1v) is 8.84. The van der Waals surface area contributed by atoms with Gasteiger partial charge in [0.1, 0.15) is 5.60 Å². The van der Waals surface area contributed by atoms with E-state index in [1.165, 1.54) is 11.3 Å². The van der Waals surface area contributed by atoms with Crippen LogP contribution in [-0.2, 0) is 9.53 Å². The number of esters is 1. The fourth-order valence-corrected chi connectivity index (χ4v) is 3.50. The van der Waals surface area contributed by atoms with Crippen LogP contribution in [0.4, 0.5) is 5.13 Å². The van der Waals surface area contributed by atoms with Gasteiger partial charge in [0, 0.05) is 29.5 Å². The molecule has 1 aromatic carbocycles. The molecule has 1 atom stereocenters. The lowest BCUT2D eigenvalue weighted by Gasteiger charge is -2.14. The van der Waals surface area contributed by atoms with Crippen LogP contribution in [0.25, 0.3) is 11.3 Å². The number of carbonyl (C=O) groups excluding carboxylic acids is 1. The van der Waals surface area contributed by atoms with E-state index in [4.69, 9.17) is 4.74 Å². The summed E-state index contributed by atoms with van der Waals surface area (Å²) in [4.78, 5) is 16.4. The van der Waals surface area contributed by atoms with Crippen molar-refractivity contribution < 1.29 is 9.53 Å². The Morgan fingerprint density at radius 1 is 1.42 bits per heavy atom. The molecule has 0 radical (unpaired) electrons. The van der Waals surface area contributed by atoms with Gasteiger partial charge in [0.15, 0.2) is 0 Å². The predicted molar refractivity (Wildman–Crippen MR) is 97.2 cm³/mol. The highest BCUT2D eigenvalue weighted by atomic mass is 32.1. The highest BCUT2D eigenvalue weighted by molar-refractivity contribution is 7.14. The van der Waals surface area contributed by atoms with E-state index in [1.807, 2.05) is 56.5 Å². The van der Waals surface area contributed by atoms with Crippen molar-refractivity contribution in [3.05, 3.63) is 35.7 Å². The molecular formula is C18H21N3O2S. The zero-order chi connectivity index (χ0) is 17.2. The number of anilines is 1. The average Bonchev–Trinajstić information content (AvgIpc) is 3.10. The molecule has 6 heteroatoms. The Morgan fingerprint density at radius 2 is 2.17 bits per heavy atom. The normalized spacial score (nSPS) is 20.0. The number of hydrogen-bond donors (Lipinski definition) is 1. The molecule has 1 N–H and O–H groups in total. The van der Waals surface area contributed by atoms with E-state index >= 15 is 0 Å². The van der Waals surface area contributed by atoms with Crippen molar-refractivity contribution in [3.8, 4) is 11.3 Å². The number of cyclic esters (lactones) is 1. The molecule has 1 aromatic heterocycles. The van der Waals surface area contributed by atoms with E-state index in [1.54, 1.807) is 0 Å². The van der Waals surface area contributed by atoms with Crippen LogP contribution in [0.5, 0.6) is 0 Å². The fourth-order valence-electron chi connectivity index (χ4n) is 2.84. The van der Waals surface area contributed by atoms with Gasteiger partial charge in [-0.2, -0.15) is 5.10 Å². The third-order valence-corrected chi connectivity index (χ3v) is 4.65. The molecule has 0 amide bonds. The molecule has 126 valence electrons. The van der Waals surface area contributed by atoms with E-state index in [2.05, 4.69) is 15.5 Å². The van der Waals surface area contributed by atoms with E-state index in [9.17, 15) is 4.79 Å². The standard InChI is InChI=1S/C18H21N3O2S/c1-12(9-14-10-18(2,3)23-16(14)22)20-21-17-19-15(11-24-17)13-7-5-4-6-8-13/h4-8,11,14H,9-10H2,1-3H3,(H,19,21)/b20-12+/t14-/m1/s1. The van der Waals surface area contributed by atoms with Gasteiger partial charge in [-0.15, -0.1) is 11.3 Å². The molecule has 0 spiro atoms. The number of hydrazone groups is 1. The second-order valence-electron chi connectivity index (χ2n) is 6.65. The number of nitrogens with one attached hydrogen (secondary N) is 1. The summed E-state index contributed by atoms with van der Waals surface area (Å²) in [6, 6.07) is 10.0. The lowest BCUT2D eigenvalue weighted by atomic mass is 9.93. The van der Waals surface area contributed by atoms with Crippen molar-refractivity contribution in [2.45, 2.75) is 39.2 Å². The lowest BCUT2D eigenvalue weighted by molar-refractivity contribution is -0.148. The first-order chi connectivity index (χ1) is 11.4. The maximum atomic E-state index is 11.9. The monoisotopic (exact) mass is 343 g/mol. The van der Waals surface area contributed by atoms with Gasteiger partial charge in [-0.3, -0.25) is 10.2 Å². The molecule has 0 unspecified atom stereocenters. The highest BCUT2D eigenvalue weighted by Gasteiger charge is 2.39. The zero-order valence-corrected chi connectivity index (χ0v) is 14.9. The van der Waals surface area contributed by atoms with Crippen LogP contribution < -0.4 is 5.43 Å². The molecule has 0 saturated carbocycles. The molecule has 0 bridgehead atoms. The summed E-state index contributed by atoms with van der Waals surface area (Å²) in [5.74, 6) is -0.239. The van der Waals surface area contributed by atoms with Gasteiger partial charge in [0.25, 0.3) is 0 Å². The van der Waals surface area contributed by atoms with E-state index in [0.717, 1.165) is 28.5 Å². The fraction of sp³-hybridized carbons (Fsp3) is 0.389. The first-order valence-electron chi connectivity index (χ1n) is 7.96. The SMILES string of the molecule is C/C(C[C@@H]1CC(C)(C)OC1=O)=N\Nc1nc(-c2ccccc2)cs1. The van der Waals surface area contributed by atoms with Crippen molar-refractivity contribution in [2.75, 3.05) is 5.43 Å². The number of ether oxygens (including phenoxy) is 1. The Kier molecular flexibility index (Phi) is 4.66. The molecule has 3 rings (SSSR count). The van der Waals surface area contributed by atoms with Gasteiger partial charge in [-0.25, -0.2) is 4.98 Å². The van der Waals surface area contributed by atoms with Crippen molar-refractivity contribution in [1.29, 1.82) is 0 Å². The van der Waals surface area contributed by atoms with Crippen LogP contribution in [-0.4, -0.2) is 22.3 Å². The highest BCUT2D eigenvalue weighted by Crippen LogP contribution is 2.32. The minimum absolute atomic E-state index is 0.110. The summed E-state index contributed by atoms with van der Waals surface area (Å²) in [5, 5.41) is 7.09. The van der Waals surface area contributed by atoms with E-state index in [0.29, 0.717) is 6.42 Å². The summed E-state index contributed by atoms with van der Waals surface area (Å²) in [7, 11) is 0. The maximum absolute atomic E-state index is 11.9. The van der Waals surface area contributed by atoms with E-state index in [-0.39, 0.29) is 17.5 Å². The number of rotatable bonds is 5. The van der Waals surface area contributed by atoms with Crippen LogP contribution in [0.1, 0.15) is 33.6 Å². The van der Waals surface area contributed by atoms with Crippen LogP contribution in [0, 0.1) is 5.92 Å². The summed E-state index contributed by atoms with van der Waals surface area (Å²) in [6.45, 7) is 5.80. The molecule has 2 aromatic rings. The van der Waals surface area contributed by atoms with Gasteiger partial charge in [0.2, 0.25) is 5.13 Å². The molecule has 5 nitrogen and oxygen atoms in total. The van der Waals surface area contributed by atoms with Crippen molar-refractivity contribution in [1.82, 2.24) is 4.98 Å². The Morgan fingerprint density at radius 3 is 2.83 bits per heavy atom. The quantitative estimate of drug-likeness (QED) is 0.498. The van der Waals surface area contributed by atoms with Crippen molar-refractivity contribution >= 4 is 28.1 Å². The number of thiazole rings is 1. The average molecular weight is 343 g/mol. The Labute approximate surface area is 145 Å². The summed E-state index contributed by atoms with van der Waals surface area (Å²) < 4.78 is 5.35. The molecule has 1 aliphatic rings. The minimum Gasteiger partial charge on any atom is -0.459 e. The van der Waals surface area contributed by atoms with Gasteiger partial charge in [-0.1, -0.05) is 30.3 Å². The van der Waals surface area contributed by atoms with Crippen LogP contribution in [0.3, 0.4) is 0 Å². The summed E-state index contributed by atoms with van der Waals surface area (Å²) >= 11 is 1.51. The van der Waals surface area contributed by atoms with Crippen molar-refractivity contribution in [3.63, 3.8) is 0 Å². The molecule has 1 aliphatic heterocycles. The maximum Gasteiger partial charge on any atom is 0.310 e. The Bertz CT molecular complexity index is 753. The molecule has 2 heterocycles. The molecular weight excluding hydrogens is 322 g/mol. The van der Waals surface area contributed by atoms with Crippen molar-refractivity contribution in [2.24, 2.45) is 11.0 Å².